The highest BCUT2D eigenvalue weighted by atomic mass is 19.4. The zero-order chi connectivity index (χ0) is 20.9. The molecule has 0 heterocycles. The Balaban J connectivity index is 2.26. The Morgan fingerprint density at radius 2 is 1.82 bits per heavy atom. The van der Waals surface area contributed by atoms with Gasteiger partial charge in [-0.15, -0.1) is 0 Å². The van der Waals surface area contributed by atoms with Crippen LogP contribution in [0.3, 0.4) is 0 Å². The molecular weight excluding hydrogens is 379 g/mol. The molecular formula is C18H16F3N3O4. The van der Waals surface area contributed by atoms with Gasteiger partial charge in [-0.1, -0.05) is 30.3 Å². The number of hydrogen-bond donors (Lipinski definition) is 2. The van der Waals surface area contributed by atoms with Crippen molar-refractivity contribution >= 4 is 23.2 Å². The number of nitro benzene ring substituents is 1. The highest BCUT2D eigenvalue weighted by molar-refractivity contribution is 5.92. The van der Waals surface area contributed by atoms with Crippen molar-refractivity contribution in [3.8, 4) is 0 Å². The van der Waals surface area contributed by atoms with Crippen LogP contribution in [0.25, 0.3) is 0 Å². The maximum Gasteiger partial charge on any atom is 0.471 e. The average molecular weight is 395 g/mol. The first kappa shape index (κ1) is 20.9. The van der Waals surface area contributed by atoms with Crippen LogP contribution in [0.1, 0.15) is 23.6 Å². The van der Waals surface area contributed by atoms with Crippen LogP contribution in [0.4, 0.5) is 24.5 Å². The second-order valence-electron chi connectivity index (χ2n) is 5.94. The lowest BCUT2D eigenvalue weighted by molar-refractivity contribution is -0.384. The Hall–Kier alpha value is -3.43. The third-order valence-electron chi connectivity index (χ3n) is 3.85. The topological polar surface area (TPSA) is 101 Å². The molecule has 0 fully saturated rings. The first-order valence-electron chi connectivity index (χ1n) is 8.05. The molecule has 0 bridgehead atoms. The third kappa shape index (κ3) is 5.53. The van der Waals surface area contributed by atoms with Crippen molar-refractivity contribution in [2.75, 3.05) is 5.32 Å². The van der Waals surface area contributed by atoms with Gasteiger partial charge in [0.15, 0.2) is 0 Å². The standard InChI is InChI=1S/C18H16F3N3O4/c1-11-5-2-3-8-14(11)22-16(25)10-15(23-17(26)18(19,20)21)12-6-4-7-13(9-12)24(27)28/h2-9,15H,10H2,1H3,(H,22,25)(H,23,26)/t15-/m0/s1. The summed E-state index contributed by atoms with van der Waals surface area (Å²) >= 11 is 0. The zero-order valence-electron chi connectivity index (χ0n) is 14.6. The minimum absolute atomic E-state index is 0.00623. The summed E-state index contributed by atoms with van der Waals surface area (Å²) in [5.74, 6) is -2.90. The number of nitrogens with one attached hydrogen (secondary N) is 2. The fraction of sp³-hybridized carbons (Fsp3) is 0.222. The highest BCUT2D eigenvalue weighted by Gasteiger charge is 2.40. The summed E-state index contributed by atoms with van der Waals surface area (Å²) in [7, 11) is 0. The van der Waals surface area contributed by atoms with Crippen LogP contribution in [0, 0.1) is 17.0 Å². The molecule has 10 heteroatoms. The third-order valence-corrected chi connectivity index (χ3v) is 3.85. The Morgan fingerprint density at radius 3 is 2.43 bits per heavy atom. The van der Waals surface area contributed by atoms with Crippen LogP contribution >= 0.6 is 0 Å². The molecule has 0 saturated carbocycles. The lowest BCUT2D eigenvalue weighted by Gasteiger charge is -2.20. The van der Waals surface area contributed by atoms with Crippen LogP contribution in [0.5, 0.6) is 0 Å². The molecule has 28 heavy (non-hydrogen) atoms. The van der Waals surface area contributed by atoms with Gasteiger partial charge in [0, 0.05) is 17.8 Å². The number of amides is 2. The molecule has 2 N–H and O–H groups in total. The van der Waals surface area contributed by atoms with Crippen molar-refractivity contribution in [2.45, 2.75) is 25.6 Å². The Labute approximate surface area is 157 Å². The number of carbonyl (C=O) groups is 2. The molecule has 0 aliphatic rings. The summed E-state index contributed by atoms with van der Waals surface area (Å²) in [5, 5.41) is 15.2. The number of nitro groups is 1. The normalized spacial score (nSPS) is 12.1. The number of alkyl halides is 3. The maximum atomic E-state index is 12.6. The van der Waals surface area contributed by atoms with E-state index in [1.807, 2.05) is 0 Å². The highest BCUT2D eigenvalue weighted by Crippen LogP contribution is 2.25. The van der Waals surface area contributed by atoms with Gasteiger partial charge in [-0.3, -0.25) is 19.7 Å². The Kier molecular flexibility index (Phi) is 6.34. The predicted octanol–water partition coefficient (Wildman–Crippen LogP) is 3.65. The van der Waals surface area contributed by atoms with E-state index in [9.17, 15) is 32.9 Å². The number of rotatable bonds is 6. The molecule has 0 aliphatic carbocycles. The molecule has 148 valence electrons. The number of hydrogen-bond acceptors (Lipinski definition) is 4. The number of nitrogens with zero attached hydrogens (tertiary/aromatic N) is 1. The van der Waals surface area contributed by atoms with Gasteiger partial charge in [-0.25, -0.2) is 0 Å². The quantitative estimate of drug-likeness (QED) is 0.576. The molecule has 1 atom stereocenters. The van der Waals surface area contributed by atoms with Crippen LogP contribution in [-0.2, 0) is 9.59 Å². The van der Waals surface area contributed by atoms with E-state index in [0.717, 1.165) is 17.7 Å². The Bertz CT molecular complexity index is 900. The van der Waals surface area contributed by atoms with E-state index in [4.69, 9.17) is 0 Å². The van der Waals surface area contributed by atoms with Gasteiger partial charge in [0.25, 0.3) is 5.69 Å². The molecule has 0 unspecified atom stereocenters. The molecule has 2 aromatic rings. The van der Waals surface area contributed by atoms with Crippen LogP contribution in [0.15, 0.2) is 48.5 Å². The largest absolute Gasteiger partial charge is 0.471 e. The Morgan fingerprint density at radius 1 is 1.14 bits per heavy atom. The predicted molar refractivity (Wildman–Crippen MR) is 94.5 cm³/mol. The van der Waals surface area contributed by atoms with Crippen molar-refractivity contribution in [3.63, 3.8) is 0 Å². The summed E-state index contributed by atoms with van der Waals surface area (Å²) in [6.45, 7) is 1.74. The summed E-state index contributed by atoms with van der Waals surface area (Å²) in [4.78, 5) is 33.9. The molecule has 0 aliphatic heterocycles. The number of anilines is 1. The van der Waals surface area contributed by atoms with Crippen molar-refractivity contribution in [3.05, 3.63) is 69.8 Å². The second kappa shape index (κ2) is 8.51. The number of benzene rings is 2. The summed E-state index contributed by atoms with van der Waals surface area (Å²) in [6, 6.07) is 10.1. The van der Waals surface area contributed by atoms with Gasteiger partial charge in [0.1, 0.15) is 0 Å². The number of aryl methyl sites for hydroxylation is 1. The fourth-order valence-electron chi connectivity index (χ4n) is 2.45. The van der Waals surface area contributed by atoms with E-state index in [0.29, 0.717) is 5.69 Å². The molecule has 0 spiro atoms. The van der Waals surface area contributed by atoms with Crippen molar-refractivity contribution in [2.24, 2.45) is 0 Å². The smallest absolute Gasteiger partial charge is 0.341 e. The van der Waals surface area contributed by atoms with Gasteiger partial charge in [0.05, 0.1) is 17.4 Å². The van der Waals surface area contributed by atoms with Gasteiger partial charge < -0.3 is 10.6 Å². The summed E-state index contributed by atoms with van der Waals surface area (Å²) in [6.07, 6.45) is -5.71. The van der Waals surface area contributed by atoms with Crippen molar-refractivity contribution in [1.29, 1.82) is 0 Å². The van der Waals surface area contributed by atoms with E-state index >= 15 is 0 Å². The lowest BCUT2D eigenvalue weighted by atomic mass is 10.0. The summed E-state index contributed by atoms with van der Waals surface area (Å²) in [5.41, 5.74) is 0.837. The summed E-state index contributed by atoms with van der Waals surface area (Å²) < 4.78 is 37.9. The molecule has 2 rings (SSSR count). The number of non-ortho nitro benzene ring substituents is 1. The molecule has 7 nitrogen and oxygen atoms in total. The van der Waals surface area contributed by atoms with E-state index in [1.165, 1.54) is 12.1 Å². The van der Waals surface area contributed by atoms with Gasteiger partial charge in [-0.05, 0) is 24.1 Å². The molecule has 0 saturated heterocycles. The van der Waals surface area contributed by atoms with Gasteiger partial charge in [0.2, 0.25) is 5.91 Å². The SMILES string of the molecule is Cc1ccccc1NC(=O)C[C@H](NC(=O)C(F)(F)F)c1cccc([N+](=O)[O-])c1. The van der Waals surface area contributed by atoms with Gasteiger partial charge >= 0.3 is 12.1 Å². The number of halogens is 3. The van der Waals surface area contributed by atoms with Crippen LogP contribution in [-0.4, -0.2) is 22.9 Å². The lowest BCUT2D eigenvalue weighted by Crippen LogP contribution is -2.40. The second-order valence-corrected chi connectivity index (χ2v) is 5.94. The molecule has 0 radical (unpaired) electrons. The van der Waals surface area contributed by atoms with E-state index in [2.05, 4.69) is 5.32 Å². The molecule has 0 aromatic heterocycles. The molecule has 2 aromatic carbocycles. The average Bonchev–Trinajstić information content (AvgIpc) is 2.62. The fourth-order valence-corrected chi connectivity index (χ4v) is 2.45. The van der Waals surface area contributed by atoms with Crippen molar-refractivity contribution in [1.82, 2.24) is 5.32 Å². The molecule has 2 amide bonds. The van der Waals surface area contributed by atoms with E-state index in [1.54, 1.807) is 36.5 Å². The first-order valence-corrected chi connectivity index (χ1v) is 8.05. The van der Waals surface area contributed by atoms with E-state index in [-0.39, 0.29) is 11.3 Å². The van der Waals surface area contributed by atoms with E-state index < -0.39 is 35.4 Å². The van der Waals surface area contributed by atoms with Crippen molar-refractivity contribution < 1.29 is 27.7 Å². The van der Waals surface area contributed by atoms with Crippen LogP contribution in [0.2, 0.25) is 0 Å². The first-order chi connectivity index (χ1) is 13.1. The van der Waals surface area contributed by atoms with Gasteiger partial charge in [-0.2, -0.15) is 13.2 Å². The minimum atomic E-state index is -5.16. The minimum Gasteiger partial charge on any atom is -0.341 e. The zero-order valence-corrected chi connectivity index (χ0v) is 14.6. The monoisotopic (exact) mass is 395 g/mol. The number of carbonyl (C=O) groups excluding carboxylic acids is 2. The number of para-hydroxylation sites is 1. The maximum absolute atomic E-state index is 12.6. The van der Waals surface area contributed by atoms with Crippen LogP contribution < -0.4 is 10.6 Å².